The van der Waals surface area contributed by atoms with Gasteiger partial charge in [0.15, 0.2) is 0 Å². The maximum Gasteiger partial charge on any atom is 0.262 e. The Kier molecular flexibility index (Phi) is 5.69. The molecule has 1 amide bonds. The first kappa shape index (κ1) is 21.9. The van der Waals surface area contributed by atoms with Crippen LogP contribution in [0.4, 0.5) is 5.82 Å². The molecule has 2 aromatic carbocycles. The highest BCUT2D eigenvalue weighted by molar-refractivity contribution is 7.16. The predicted molar refractivity (Wildman–Crippen MR) is 136 cm³/mol. The van der Waals surface area contributed by atoms with Gasteiger partial charge in [-0.05, 0) is 42.8 Å². The van der Waals surface area contributed by atoms with Crippen molar-refractivity contribution in [3.05, 3.63) is 88.7 Å². The summed E-state index contributed by atoms with van der Waals surface area (Å²) < 4.78 is 8.03. The third-order valence-electron chi connectivity index (χ3n) is 5.46. The van der Waals surface area contributed by atoms with Crippen LogP contribution in [0.15, 0.2) is 73.2 Å². The SMILES string of the molecule is C[C@@H](Oc1cc(-n2cnc3cc(-c4ccc(N)nc4)ccc32)sc1C(N)=O)c1ccccc1Cl. The third-order valence-corrected chi connectivity index (χ3v) is 6.93. The summed E-state index contributed by atoms with van der Waals surface area (Å²) in [6, 6.07) is 18.9. The molecule has 0 saturated carbocycles. The van der Waals surface area contributed by atoms with Crippen molar-refractivity contribution in [3.63, 3.8) is 0 Å². The minimum Gasteiger partial charge on any atom is -0.484 e. The number of hydrogen-bond acceptors (Lipinski definition) is 6. The number of nitrogens with zero attached hydrogens (tertiary/aromatic N) is 3. The fourth-order valence-corrected chi connectivity index (χ4v) is 4.96. The number of ether oxygens (including phenoxy) is 1. The van der Waals surface area contributed by atoms with Crippen LogP contribution in [-0.4, -0.2) is 20.4 Å². The molecule has 170 valence electrons. The number of thiophene rings is 1. The highest BCUT2D eigenvalue weighted by Crippen LogP contribution is 2.37. The van der Waals surface area contributed by atoms with E-state index in [1.54, 1.807) is 30.7 Å². The molecule has 4 N–H and O–H groups in total. The summed E-state index contributed by atoms with van der Waals surface area (Å²) in [4.78, 5) is 21.2. The molecule has 0 aliphatic rings. The molecule has 1 atom stereocenters. The number of amides is 1. The van der Waals surface area contributed by atoms with E-state index in [4.69, 9.17) is 27.8 Å². The average Bonchev–Trinajstić information content (AvgIpc) is 3.43. The molecule has 34 heavy (non-hydrogen) atoms. The second-order valence-corrected chi connectivity index (χ2v) is 9.15. The van der Waals surface area contributed by atoms with Gasteiger partial charge >= 0.3 is 0 Å². The van der Waals surface area contributed by atoms with Gasteiger partial charge in [-0.3, -0.25) is 9.36 Å². The Morgan fingerprint density at radius 3 is 2.62 bits per heavy atom. The summed E-state index contributed by atoms with van der Waals surface area (Å²) in [6.45, 7) is 1.88. The smallest absolute Gasteiger partial charge is 0.262 e. The molecule has 7 nitrogen and oxygen atoms in total. The normalized spacial score (nSPS) is 12.1. The van der Waals surface area contributed by atoms with Gasteiger partial charge in [-0.25, -0.2) is 9.97 Å². The number of primary amides is 1. The largest absolute Gasteiger partial charge is 0.484 e. The van der Waals surface area contributed by atoms with E-state index in [1.807, 2.05) is 54.0 Å². The van der Waals surface area contributed by atoms with Crippen molar-refractivity contribution in [2.24, 2.45) is 5.73 Å². The molecular weight excluding hydrogens is 470 g/mol. The zero-order chi connectivity index (χ0) is 23.8. The van der Waals surface area contributed by atoms with Crippen molar-refractivity contribution < 1.29 is 9.53 Å². The van der Waals surface area contributed by atoms with Crippen LogP contribution in [0.1, 0.15) is 28.3 Å². The van der Waals surface area contributed by atoms with Crippen molar-refractivity contribution in [3.8, 4) is 21.9 Å². The van der Waals surface area contributed by atoms with Crippen molar-refractivity contribution in [2.75, 3.05) is 5.73 Å². The second-order valence-electron chi connectivity index (χ2n) is 7.71. The number of nitrogen functional groups attached to an aromatic ring is 1. The number of anilines is 1. The monoisotopic (exact) mass is 489 g/mol. The van der Waals surface area contributed by atoms with Gasteiger partial charge in [0, 0.05) is 28.4 Å². The van der Waals surface area contributed by atoms with E-state index in [-0.39, 0.29) is 6.10 Å². The Bertz CT molecular complexity index is 1510. The molecule has 0 aliphatic heterocycles. The molecule has 0 radical (unpaired) electrons. The summed E-state index contributed by atoms with van der Waals surface area (Å²) in [5.41, 5.74) is 15.8. The third kappa shape index (κ3) is 4.09. The maximum atomic E-state index is 12.2. The summed E-state index contributed by atoms with van der Waals surface area (Å²) in [6.07, 6.45) is 3.08. The molecule has 0 aliphatic carbocycles. The van der Waals surface area contributed by atoms with Crippen molar-refractivity contribution in [2.45, 2.75) is 13.0 Å². The van der Waals surface area contributed by atoms with Crippen molar-refractivity contribution in [1.29, 1.82) is 0 Å². The lowest BCUT2D eigenvalue weighted by atomic mass is 10.1. The fourth-order valence-electron chi connectivity index (χ4n) is 3.74. The van der Waals surface area contributed by atoms with E-state index in [9.17, 15) is 4.79 Å². The maximum absolute atomic E-state index is 12.2. The molecule has 5 rings (SSSR count). The number of rotatable bonds is 6. The molecule has 5 aromatic rings. The fraction of sp³-hybridized carbons (Fsp3) is 0.0800. The summed E-state index contributed by atoms with van der Waals surface area (Å²) in [5.74, 6) is 0.324. The van der Waals surface area contributed by atoms with Gasteiger partial charge in [-0.2, -0.15) is 0 Å². The lowest BCUT2D eigenvalue weighted by molar-refractivity contribution is 0.0998. The van der Waals surface area contributed by atoms with Crippen LogP contribution >= 0.6 is 22.9 Å². The van der Waals surface area contributed by atoms with E-state index < -0.39 is 5.91 Å². The quantitative estimate of drug-likeness (QED) is 0.321. The number of carbonyl (C=O) groups is 1. The first-order valence-electron chi connectivity index (χ1n) is 10.4. The first-order valence-corrected chi connectivity index (χ1v) is 11.6. The van der Waals surface area contributed by atoms with Gasteiger partial charge in [0.2, 0.25) is 0 Å². The van der Waals surface area contributed by atoms with Gasteiger partial charge < -0.3 is 16.2 Å². The average molecular weight is 490 g/mol. The molecule has 9 heteroatoms. The van der Waals surface area contributed by atoms with Crippen LogP contribution < -0.4 is 16.2 Å². The van der Waals surface area contributed by atoms with Crippen LogP contribution in [0.3, 0.4) is 0 Å². The Hall–Kier alpha value is -3.88. The highest BCUT2D eigenvalue weighted by atomic mass is 35.5. The van der Waals surface area contributed by atoms with Gasteiger partial charge in [0.05, 0.1) is 11.0 Å². The Morgan fingerprint density at radius 2 is 1.88 bits per heavy atom. The summed E-state index contributed by atoms with van der Waals surface area (Å²) in [7, 11) is 0. The van der Waals surface area contributed by atoms with Crippen LogP contribution in [0.5, 0.6) is 5.75 Å². The van der Waals surface area contributed by atoms with Gasteiger partial charge in [0.1, 0.15) is 33.9 Å². The van der Waals surface area contributed by atoms with E-state index in [0.29, 0.717) is 21.5 Å². The summed E-state index contributed by atoms with van der Waals surface area (Å²) in [5, 5.41) is 1.36. The molecule has 0 unspecified atom stereocenters. The van der Waals surface area contributed by atoms with E-state index in [1.165, 1.54) is 11.3 Å². The number of hydrogen-bond donors (Lipinski definition) is 2. The lowest BCUT2D eigenvalue weighted by Crippen LogP contribution is -2.12. The second kappa shape index (κ2) is 8.81. The van der Waals surface area contributed by atoms with Crippen molar-refractivity contribution >= 4 is 45.7 Å². The molecule has 0 spiro atoms. The number of nitrogens with two attached hydrogens (primary N) is 2. The number of pyridine rings is 1. The standard InChI is InChI=1S/C25H20ClN5O2S/c1-14(17-4-2-3-5-18(17)26)33-21-11-23(34-24(21)25(28)32)31-13-30-19-10-15(6-8-20(19)31)16-7-9-22(27)29-12-16/h2-14H,1H3,(H2,27,29)(H2,28,32)/t14-/m1/s1. The van der Waals surface area contributed by atoms with Crippen LogP contribution in [-0.2, 0) is 0 Å². The van der Waals surface area contributed by atoms with Gasteiger partial charge in [-0.15, -0.1) is 11.3 Å². The topological polar surface area (TPSA) is 109 Å². The summed E-state index contributed by atoms with van der Waals surface area (Å²) >= 11 is 7.56. The van der Waals surface area contributed by atoms with Crippen LogP contribution in [0.25, 0.3) is 27.2 Å². The minimum atomic E-state index is -0.555. The number of carbonyl (C=O) groups excluding carboxylic acids is 1. The lowest BCUT2D eigenvalue weighted by Gasteiger charge is -2.16. The van der Waals surface area contributed by atoms with Gasteiger partial charge in [0.25, 0.3) is 5.91 Å². The number of halogens is 1. The molecule has 0 saturated heterocycles. The zero-order valence-electron chi connectivity index (χ0n) is 18.1. The Morgan fingerprint density at radius 1 is 1.09 bits per heavy atom. The number of aromatic nitrogens is 3. The molecule has 0 fully saturated rings. The first-order chi connectivity index (χ1) is 16.4. The molecular formula is C25H20ClN5O2S. The van der Waals surface area contributed by atoms with E-state index >= 15 is 0 Å². The predicted octanol–water partition coefficient (Wildman–Crippen LogP) is 5.62. The molecule has 0 bridgehead atoms. The Labute approximate surface area is 204 Å². The number of imidazole rings is 1. The van der Waals surface area contributed by atoms with Crippen LogP contribution in [0, 0.1) is 0 Å². The van der Waals surface area contributed by atoms with Crippen LogP contribution in [0.2, 0.25) is 5.02 Å². The molecule has 3 heterocycles. The highest BCUT2D eigenvalue weighted by Gasteiger charge is 2.21. The number of fused-ring (bicyclic) bond motifs is 1. The zero-order valence-corrected chi connectivity index (χ0v) is 19.7. The van der Waals surface area contributed by atoms with E-state index in [0.717, 1.165) is 32.7 Å². The molecule has 3 aromatic heterocycles. The Balaban J connectivity index is 1.50. The minimum absolute atomic E-state index is 0.334. The number of benzene rings is 2. The van der Waals surface area contributed by atoms with E-state index in [2.05, 4.69) is 9.97 Å². The van der Waals surface area contributed by atoms with Gasteiger partial charge in [-0.1, -0.05) is 35.9 Å². The van der Waals surface area contributed by atoms with Crippen molar-refractivity contribution in [1.82, 2.24) is 14.5 Å².